The van der Waals surface area contributed by atoms with Crippen molar-refractivity contribution in [2.24, 2.45) is 0 Å². The normalized spacial score (nSPS) is 12.6. The fourth-order valence-electron chi connectivity index (χ4n) is 3.32. The molecule has 0 spiro atoms. The molecule has 8 heteroatoms. The van der Waals surface area contributed by atoms with Gasteiger partial charge in [-0.15, -0.1) is 0 Å². The van der Waals surface area contributed by atoms with E-state index in [9.17, 15) is 18.0 Å². The standard InChI is InChI=1S/C22H17F3N2O3/c1-29-22(28)27-10-14-3-2-13(8-15(14)11-27)12-30-21-19(25)6-7-20(26-21)17-9-16(23)4-5-18(17)24/h2-9H,10-12H2,1H3. The summed E-state index contributed by atoms with van der Waals surface area (Å²) in [6.07, 6.45) is -0.406. The first-order chi connectivity index (χ1) is 14.4. The Hall–Kier alpha value is -3.55. The van der Waals surface area contributed by atoms with Crippen LogP contribution in [-0.2, 0) is 24.4 Å². The first-order valence-corrected chi connectivity index (χ1v) is 9.13. The van der Waals surface area contributed by atoms with Crippen LogP contribution in [0.5, 0.6) is 5.88 Å². The van der Waals surface area contributed by atoms with E-state index in [1.807, 2.05) is 18.2 Å². The highest BCUT2D eigenvalue weighted by atomic mass is 19.1. The van der Waals surface area contributed by atoms with Crippen molar-refractivity contribution in [2.45, 2.75) is 19.7 Å². The summed E-state index contributed by atoms with van der Waals surface area (Å²) in [6.45, 7) is 0.891. The highest BCUT2D eigenvalue weighted by Crippen LogP contribution is 2.27. The molecule has 0 saturated heterocycles. The number of amides is 1. The predicted octanol–water partition coefficient (Wildman–Crippen LogP) is 4.83. The smallest absolute Gasteiger partial charge is 0.410 e. The van der Waals surface area contributed by atoms with Gasteiger partial charge in [-0.25, -0.2) is 22.9 Å². The molecule has 2 heterocycles. The predicted molar refractivity (Wildman–Crippen MR) is 102 cm³/mol. The summed E-state index contributed by atoms with van der Waals surface area (Å²) in [5.41, 5.74) is 2.68. The van der Waals surface area contributed by atoms with Crippen LogP contribution in [0, 0.1) is 17.5 Å². The number of halogens is 3. The number of hydrogen-bond donors (Lipinski definition) is 0. The minimum atomic E-state index is -0.714. The second-order valence-electron chi connectivity index (χ2n) is 6.83. The van der Waals surface area contributed by atoms with E-state index >= 15 is 0 Å². The van der Waals surface area contributed by atoms with Crippen molar-refractivity contribution in [3.63, 3.8) is 0 Å². The van der Waals surface area contributed by atoms with E-state index in [-0.39, 0.29) is 23.7 Å². The lowest BCUT2D eigenvalue weighted by Crippen LogP contribution is -2.24. The Bertz CT molecular complexity index is 1120. The Labute approximate surface area is 170 Å². The van der Waals surface area contributed by atoms with Crippen molar-refractivity contribution in [2.75, 3.05) is 7.11 Å². The molecule has 0 unspecified atom stereocenters. The summed E-state index contributed by atoms with van der Waals surface area (Å²) >= 11 is 0. The van der Waals surface area contributed by atoms with Crippen LogP contribution >= 0.6 is 0 Å². The zero-order valence-corrected chi connectivity index (χ0v) is 16.0. The van der Waals surface area contributed by atoms with Crippen LogP contribution in [-0.4, -0.2) is 23.1 Å². The van der Waals surface area contributed by atoms with Gasteiger partial charge in [-0.3, -0.25) is 4.90 Å². The number of nitrogens with zero attached hydrogens (tertiary/aromatic N) is 2. The van der Waals surface area contributed by atoms with Crippen molar-refractivity contribution in [1.29, 1.82) is 0 Å². The van der Waals surface area contributed by atoms with Crippen LogP contribution in [0.4, 0.5) is 18.0 Å². The molecule has 0 aliphatic carbocycles. The molecule has 1 amide bonds. The maximum atomic E-state index is 14.2. The molecular formula is C22H17F3N2O3. The molecule has 1 aromatic heterocycles. The molecule has 4 rings (SSSR count). The lowest BCUT2D eigenvalue weighted by Gasteiger charge is -2.12. The number of ether oxygens (including phenoxy) is 2. The maximum Gasteiger partial charge on any atom is 0.410 e. The molecule has 0 atom stereocenters. The van der Waals surface area contributed by atoms with Gasteiger partial charge in [-0.1, -0.05) is 18.2 Å². The largest absolute Gasteiger partial charge is 0.471 e. The van der Waals surface area contributed by atoms with Crippen molar-refractivity contribution in [3.05, 3.63) is 82.7 Å². The zero-order chi connectivity index (χ0) is 21.3. The first kappa shape index (κ1) is 19.8. The molecule has 0 radical (unpaired) electrons. The third kappa shape index (κ3) is 3.94. The van der Waals surface area contributed by atoms with E-state index in [0.29, 0.717) is 13.1 Å². The summed E-state index contributed by atoms with van der Waals surface area (Å²) < 4.78 is 51.9. The van der Waals surface area contributed by atoms with E-state index in [0.717, 1.165) is 41.0 Å². The summed E-state index contributed by atoms with van der Waals surface area (Å²) in [5, 5.41) is 0. The highest BCUT2D eigenvalue weighted by molar-refractivity contribution is 5.68. The van der Waals surface area contributed by atoms with E-state index in [1.165, 1.54) is 13.2 Å². The van der Waals surface area contributed by atoms with Crippen LogP contribution in [0.25, 0.3) is 11.3 Å². The van der Waals surface area contributed by atoms with Crippen molar-refractivity contribution in [3.8, 4) is 17.1 Å². The van der Waals surface area contributed by atoms with Crippen molar-refractivity contribution in [1.82, 2.24) is 9.88 Å². The number of pyridine rings is 1. The van der Waals surface area contributed by atoms with E-state index in [1.54, 1.807) is 4.90 Å². The van der Waals surface area contributed by atoms with Crippen LogP contribution in [0.1, 0.15) is 16.7 Å². The minimum absolute atomic E-state index is 0.0184. The van der Waals surface area contributed by atoms with Gasteiger partial charge in [-0.05, 0) is 47.0 Å². The second-order valence-corrected chi connectivity index (χ2v) is 6.83. The van der Waals surface area contributed by atoms with Gasteiger partial charge in [0.25, 0.3) is 5.88 Å². The van der Waals surface area contributed by atoms with Gasteiger partial charge in [-0.2, -0.15) is 0 Å². The SMILES string of the molecule is COC(=O)N1Cc2ccc(COc3nc(-c4cc(F)ccc4F)ccc3F)cc2C1. The lowest BCUT2D eigenvalue weighted by molar-refractivity contribution is 0.123. The molecule has 2 aromatic carbocycles. The molecule has 1 aliphatic heterocycles. The second kappa shape index (κ2) is 8.06. The summed E-state index contributed by atoms with van der Waals surface area (Å²) in [7, 11) is 1.33. The Kier molecular flexibility index (Phi) is 5.31. The maximum absolute atomic E-state index is 14.2. The Morgan fingerprint density at radius 1 is 1.00 bits per heavy atom. The summed E-state index contributed by atoms with van der Waals surface area (Å²) in [5.74, 6) is -2.32. The molecule has 3 aromatic rings. The van der Waals surface area contributed by atoms with Crippen LogP contribution in [0.2, 0.25) is 0 Å². The summed E-state index contributed by atoms with van der Waals surface area (Å²) in [4.78, 5) is 17.3. The summed E-state index contributed by atoms with van der Waals surface area (Å²) in [6, 6.07) is 10.9. The molecule has 5 nitrogen and oxygen atoms in total. The van der Waals surface area contributed by atoms with Crippen molar-refractivity contribution < 1.29 is 27.4 Å². The van der Waals surface area contributed by atoms with E-state index in [4.69, 9.17) is 9.47 Å². The molecule has 154 valence electrons. The Balaban J connectivity index is 1.51. The topological polar surface area (TPSA) is 51.7 Å². The molecule has 1 aliphatic rings. The zero-order valence-electron chi connectivity index (χ0n) is 16.0. The molecule has 0 fully saturated rings. The van der Waals surface area contributed by atoms with Crippen molar-refractivity contribution >= 4 is 6.09 Å². The first-order valence-electron chi connectivity index (χ1n) is 9.13. The number of carbonyl (C=O) groups is 1. The van der Waals surface area contributed by atoms with Crippen LogP contribution in [0.3, 0.4) is 0 Å². The number of aromatic nitrogens is 1. The molecule has 0 N–H and O–H groups in total. The molecule has 30 heavy (non-hydrogen) atoms. The van der Waals surface area contributed by atoms with E-state index < -0.39 is 23.5 Å². The van der Waals surface area contributed by atoms with Gasteiger partial charge < -0.3 is 9.47 Å². The van der Waals surface area contributed by atoms with Gasteiger partial charge >= 0.3 is 6.09 Å². The third-order valence-corrected chi connectivity index (χ3v) is 4.82. The quantitative estimate of drug-likeness (QED) is 0.614. The van der Waals surface area contributed by atoms with Gasteiger partial charge in [0.1, 0.15) is 18.2 Å². The number of carbonyl (C=O) groups excluding carboxylic acids is 1. The number of methoxy groups -OCH3 is 1. The van der Waals surface area contributed by atoms with Gasteiger partial charge in [0.15, 0.2) is 5.82 Å². The van der Waals surface area contributed by atoms with Crippen LogP contribution < -0.4 is 4.74 Å². The highest BCUT2D eigenvalue weighted by Gasteiger charge is 2.24. The number of rotatable bonds is 4. The Morgan fingerprint density at radius 2 is 1.77 bits per heavy atom. The van der Waals surface area contributed by atoms with E-state index in [2.05, 4.69) is 4.98 Å². The average Bonchev–Trinajstić information content (AvgIpc) is 3.18. The molecule has 0 bridgehead atoms. The van der Waals surface area contributed by atoms with Gasteiger partial charge in [0.2, 0.25) is 0 Å². The molecule has 0 saturated carbocycles. The Morgan fingerprint density at radius 3 is 2.57 bits per heavy atom. The van der Waals surface area contributed by atoms with Gasteiger partial charge in [0.05, 0.1) is 12.8 Å². The number of hydrogen-bond acceptors (Lipinski definition) is 4. The number of benzene rings is 2. The number of fused-ring (bicyclic) bond motifs is 1. The third-order valence-electron chi connectivity index (χ3n) is 4.82. The average molecular weight is 414 g/mol. The fraction of sp³-hybridized carbons (Fsp3) is 0.182. The lowest BCUT2D eigenvalue weighted by atomic mass is 10.1. The molecular weight excluding hydrogens is 397 g/mol. The van der Waals surface area contributed by atoms with Gasteiger partial charge in [0, 0.05) is 18.7 Å². The monoisotopic (exact) mass is 414 g/mol. The van der Waals surface area contributed by atoms with Crippen LogP contribution in [0.15, 0.2) is 48.5 Å². The fourth-order valence-corrected chi connectivity index (χ4v) is 3.32. The minimum Gasteiger partial charge on any atom is -0.471 e.